The van der Waals surface area contributed by atoms with Crippen LogP contribution in [-0.4, -0.2) is 37.5 Å². The minimum atomic E-state index is -1.13. The van der Waals surface area contributed by atoms with Crippen LogP contribution in [0, 0.1) is 6.92 Å². The van der Waals surface area contributed by atoms with Gasteiger partial charge in [-0.2, -0.15) is 0 Å². The van der Waals surface area contributed by atoms with Crippen molar-refractivity contribution in [2.45, 2.75) is 18.4 Å². The summed E-state index contributed by atoms with van der Waals surface area (Å²) in [7, 11) is -1.13. The van der Waals surface area contributed by atoms with Crippen molar-refractivity contribution in [2.75, 3.05) is 6.26 Å². The van der Waals surface area contributed by atoms with Crippen LogP contribution >= 0.6 is 0 Å². The average Bonchev–Trinajstić information content (AvgIpc) is 2.96. The maximum Gasteiger partial charge on any atom is 0.226 e. The molecule has 0 aliphatic carbocycles. The van der Waals surface area contributed by atoms with E-state index in [9.17, 15) is 4.21 Å². The van der Waals surface area contributed by atoms with Gasteiger partial charge in [-0.1, -0.05) is 6.07 Å². The Morgan fingerprint density at radius 1 is 1.32 bits per heavy atom. The predicted octanol–water partition coefficient (Wildman–Crippen LogP) is 1.98. The molecular formula is C14H13N5O2S. The molecule has 112 valence electrons. The van der Waals surface area contributed by atoms with Crippen molar-refractivity contribution in [1.29, 1.82) is 0 Å². The van der Waals surface area contributed by atoms with E-state index in [4.69, 9.17) is 4.63 Å². The molecule has 0 aliphatic rings. The first-order valence-corrected chi connectivity index (χ1v) is 8.03. The molecule has 0 N–H and O–H groups in total. The largest absolute Gasteiger partial charge is 0.262 e. The Hall–Kier alpha value is -2.48. The molecule has 8 heteroatoms. The smallest absolute Gasteiger partial charge is 0.226 e. The highest BCUT2D eigenvalue weighted by Crippen LogP contribution is 2.30. The number of rotatable bonds is 4. The van der Waals surface area contributed by atoms with E-state index in [0.29, 0.717) is 28.3 Å². The van der Waals surface area contributed by atoms with Crippen LogP contribution in [0.15, 0.2) is 32.8 Å². The van der Waals surface area contributed by atoms with Gasteiger partial charge in [-0.05, 0) is 36.1 Å². The highest BCUT2D eigenvalue weighted by atomic mass is 32.2. The number of fused-ring (bicyclic) bond motifs is 1. The molecule has 7 nitrogen and oxygen atoms in total. The molecule has 3 aromatic rings. The van der Waals surface area contributed by atoms with E-state index in [0.717, 1.165) is 17.0 Å². The van der Waals surface area contributed by atoms with Gasteiger partial charge < -0.3 is 0 Å². The Balaban J connectivity index is 2.10. The van der Waals surface area contributed by atoms with Gasteiger partial charge >= 0.3 is 0 Å². The van der Waals surface area contributed by atoms with Crippen molar-refractivity contribution in [2.24, 2.45) is 4.99 Å². The second kappa shape index (κ2) is 5.72. The standard InChI is InChI=1S/C14H13N5O2S/c1-8-10(7-9-5-4-6-11(17-9)22(3)20)12(15-2)13-14(16-8)19-21-18-13/h4-6H,2,7H2,1,3H3. The van der Waals surface area contributed by atoms with Crippen molar-refractivity contribution in [3.05, 3.63) is 35.2 Å². The van der Waals surface area contributed by atoms with Crippen LogP contribution in [0.3, 0.4) is 0 Å². The minimum Gasteiger partial charge on any atom is -0.262 e. The van der Waals surface area contributed by atoms with Gasteiger partial charge in [0.1, 0.15) is 10.7 Å². The fourth-order valence-electron chi connectivity index (χ4n) is 2.23. The van der Waals surface area contributed by atoms with E-state index in [2.05, 4.69) is 32.0 Å². The summed E-state index contributed by atoms with van der Waals surface area (Å²) >= 11 is 0. The zero-order valence-electron chi connectivity index (χ0n) is 12.1. The molecule has 0 amide bonds. The van der Waals surface area contributed by atoms with Gasteiger partial charge in [-0.3, -0.25) is 9.20 Å². The molecule has 3 rings (SSSR count). The quantitative estimate of drug-likeness (QED) is 0.683. The predicted molar refractivity (Wildman–Crippen MR) is 82.9 cm³/mol. The summed E-state index contributed by atoms with van der Waals surface area (Å²) in [5, 5.41) is 8.10. The van der Waals surface area contributed by atoms with Gasteiger partial charge in [0.25, 0.3) is 0 Å². The molecule has 0 aliphatic heterocycles. The molecule has 0 saturated carbocycles. The third kappa shape index (κ3) is 2.52. The zero-order valence-corrected chi connectivity index (χ0v) is 12.9. The van der Waals surface area contributed by atoms with Gasteiger partial charge in [0.05, 0.1) is 10.8 Å². The number of pyridine rings is 2. The molecular weight excluding hydrogens is 302 g/mol. The van der Waals surface area contributed by atoms with E-state index in [-0.39, 0.29) is 0 Å². The van der Waals surface area contributed by atoms with E-state index in [1.54, 1.807) is 12.3 Å². The molecule has 3 heterocycles. The summed E-state index contributed by atoms with van der Waals surface area (Å²) in [6.07, 6.45) is 2.09. The first-order chi connectivity index (χ1) is 10.6. The second-order valence-electron chi connectivity index (χ2n) is 4.72. The lowest BCUT2D eigenvalue weighted by Gasteiger charge is -2.08. The zero-order chi connectivity index (χ0) is 15.7. The lowest BCUT2D eigenvalue weighted by atomic mass is 10.1. The summed E-state index contributed by atoms with van der Waals surface area (Å²) in [5.41, 5.74) is 3.86. The van der Waals surface area contributed by atoms with Crippen LogP contribution < -0.4 is 0 Å². The topological polar surface area (TPSA) is 94.1 Å². The number of hydrogen-bond acceptors (Lipinski definition) is 7. The van der Waals surface area contributed by atoms with E-state index in [1.807, 2.05) is 19.1 Å². The summed E-state index contributed by atoms with van der Waals surface area (Å²) < 4.78 is 16.3. The van der Waals surface area contributed by atoms with Crippen LogP contribution in [-0.2, 0) is 17.2 Å². The monoisotopic (exact) mass is 315 g/mol. The molecule has 0 aromatic carbocycles. The van der Waals surface area contributed by atoms with Crippen LogP contribution in [0.5, 0.6) is 0 Å². The van der Waals surface area contributed by atoms with Gasteiger partial charge in [-0.15, -0.1) is 0 Å². The van der Waals surface area contributed by atoms with Gasteiger partial charge in [0, 0.05) is 29.6 Å². The summed E-state index contributed by atoms with van der Waals surface area (Å²) in [6, 6.07) is 5.44. The first-order valence-electron chi connectivity index (χ1n) is 6.48. The second-order valence-corrected chi connectivity index (χ2v) is 6.04. The number of nitrogens with zero attached hydrogens (tertiary/aromatic N) is 5. The van der Waals surface area contributed by atoms with Crippen LogP contribution in [0.1, 0.15) is 17.0 Å². The molecule has 3 aromatic heterocycles. The van der Waals surface area contributed by atoms with Crippen molar-refractivity contribution >= 4 is 34.4 Å². The Morgan fingerprint density at radius 2 is 2.14 bits per heavy atom. The molecule has 22 heavy (non-hydrogen) atoms. The first kappa shape index (κ1) is 14.5. The normalized spacial score (nSPS) is 12.5. The lowest BCUT2D eigenvalue weighted by Crippen LogP contribution is -2.01. The number of aliphatic imine (C=N–C) groups is 1. The van der Waals surface area contributed by atoms with E-state index < -0.39 is 10.8 Å². The third-order valence-electron chi connectivity index (χ3n) is 3.28. The van der Waals surface area contributed by atoms with E-state index >= 15 is 0 Å². The molecule has 0 fully saturated rings. The molecule has 0 radical (unpaired) electrons. The highest BCUT2D eigenvalue weighted by Gasteiger charge is 2.17. The fourth-order valence-corrected chi connectivity index (χ4v) is 2.74. The maximum absolute atomic E-state index is 11.6. The third-order valence-corrected chi connectivity index (χ3v) is 4.10. The van der Waals surface area contributed by atoms with Crippen molar-refractivity contribution in [1.82, 2.24) is 20.3 Å². The maximum atomic E-state index is 11.6. The number of hydrogen-bond donors (Lipinski definition) is 0. The Labute approximate surface area is 128 Å². The Morgan fingerprint density at radius 3 is 2.86 bits per heavy atom. The molecule has 0 bridgehead atoms. The fraction of sp³-hybridized carbons (Fsp3) is 0.214. The molecule has 1 unspecified atom stereocenters. The van der Waals surface area contributed by atoms with Crippen LogP contribution in [0.2, 0.25) is 0 Å². The lowest BCUT2D eigenvalue weighted by molar-refractivity contribution is 0.315. The molecule has 0 spiro atoms. The van der Waals surface area contributed by atoms with Gasteiger partial charge in [-0.25, -0.2) is 14.6 Å². The molecule has 1 atom stereocenters. The van der Waals surface area contributed by atoms with Gasteiger partial charge in [0.2, 0.25) is 5.65 Å². The Bertz CT molecular complexity index is 890. The molecule has 0 saturated heterocycles. The minimum absolute atomic E-state index is 0.403. The highest BCUT2D eigenvalue weighted by molar-refractivity contribution is 7.84. The van der Waals surface area contributed by atoms with Crippen molar-refractivity contribution in [3.63, 3.8) is 0 Å². The number of aryl methyl sites for hydroxylation is 1. The van der Waals surface area contributed by atoms with Crippen LogP contribution in [0.25, 0.3) is 11.2 Å². The SMILES string of the molecule is C=Nc1c(Cc2cccc(S(C)=O)n2)c(C)nc2nonc12. The summed E-state index contributed by atoms with van der Waals surface area (Å²) in [6.45, 7) is 5.45. The van der Waals surface area contributed by atoms with Crippen molar-refractivity contribution in [3.8, 4) is 0 Å². The van der Waals surface area contributed by atoms with E-state index in [1.165, 1.54) is 0 Å². The summed E-state index contributed by atoms with van der Waals surface area (Å²) in [5.74, 6) is 0. The number of aromatic nitrogens is 4. The van der Waals surface area contributed by atoms with Gasteiger partial charge in [0.15, 0.2) is 5.52 Å². The average molecular weight is 315 g/mol. The summed E-state index contributed by atoms with van der Waals surface area (Å²) in [4.78, 5) is 12.8. The Kier molecular flexibility index (Phi) is 3.76. The van der Waals surface area contributed by atoms with Crippen molar-refractivity contribution < 1.29 is 8.84 Å². The van der Waals surface area contributed by atoms with Crippen LogP contribution in [0.4, 0.5) is 5.69 Å².